The first kappa shape index (κ1) is 11.2. The fourth-order valence-corrected chi connectivity index (χ4v) is 2.51. The largest absolute Gasteiger partial charge is 0.469 e. The van der Waals surface area contributed by atoms with Crippen LogP contribution in [-0.4, -0.2) is 18.1 Å². The number of carbonyl (C=O) groups is 1. The second kappa shape index (κ2) is 4.41. The summed E-state index contributed by atoms with van der Waals surface area (Å²) in [5.41, 5.74) is 1.92. The Hall–Kier alpha value is -1.90. The number of fused-ring (bicyclic) bond motifs is 1. The number of hydrogen-bond donors (Lipinski definition) is 0. The van der Waals surface area contributed by atoms with E-state index in [1.54, 1.807) is 6.20 Å². The van der Waals surface area contributed by atoms with Crippen LogP contribution >= 0.6 is 0 Å². The smallest absolute Gasteiger partial charge is 0.313 e. The lowest BCUT2D eigenvalue weighted by molar-refractivity contribution is -0.142. The Balaban J connectivity index is 2.14. The summed E-state index contributed by atoms with van der Waals surface area (Å²) in [5.74, 6) is 0.120. The third kappa shape index (κ3) is 1.86. The first-order valence-electron chi connectivity index (χ1n) is 6.22. The second-order valence-electron chi connectivity index (χ2n) is 4.76. The van der Waals surface area contributed by atoms with E-state index in [4.69, 9.17) is 4.74 Å². The number of methoxy groups -OCH3 is 1. The van der Waals surface area contributed by atoms with Crippen LogP contribution in [0.25, 0.3) is 10.9 Å². The number of benzene rings is 1. The standard InChI is InChI=1S/C15H15NO2/c1-18-15(17)13(10-7-8-10)12-6-2-4-11-5-3-9-16-14(11)12/h2-6,9-10,13H,7-8H2,1H3. The van der Waals surface area contributed by atoms with Crippen LogP contribution < -0.4 is 0 Å². The summed E-state index contributed by atoms with van der Waals surface area (Å²) in [6.45, 7) is 0. The van der Waals surface area contributed by atoms with Crippen molar-refractivity contribution in [2.24, 2.45) is 5.92 Å². The van der Waals surface area contributed by atoms with Gasteiger partial charge in [-0.05, 0) is 30.4 Å². The zero-order valence-electron chi connectivity index (χ0n) is 10.3. The van der Waals surface area contributed by atoms with Gasteiger partial charge in [0.25, 0.3) is 0 Å². The van der Waals surface area contributed by atoms with Gasteiger partial charge >= 0.3 is 5.97 Å². The molecule has 0 spiro atoms. The Bertz CT molecular complexity index is 585. The lowest BCUT2D eigenvalue weighted by Crippen LogP contribution is -2.16. The Kier molecular flexibility index (Phi) is 2.74. The maximum atomic E-state index is 12.0. The average Bonchev–Trinajstić information content (AvgIpc) is 3.24. The van der Waals surface area contributed by atoms with Crippen molar-refractivity contribution in [2.75, 3.05) is 7.11 Å². The van der Waals surface area contributed by atoms with Gasteiger partial charge < -0.3 is 4.74 Å². The predicted molar refractivity (Wildman–Crippen MR) is 69.2 cm³/mol. The molecule has 1 aromatic carbocycles. The van der Waals surface area contributed by atoms with E-state index in [0.29, 0.717) is 5.92 Å². The molecule has 1 unspecified atom stereocenters. The van der Waals surface area contributed by atoms with Gasteiger partial charge in [0.1, 0.15) is 0 Å². The number of ether oxygens (including phenoxy) is 1. The Morgan fingerprint density at radius 3 is 2.83 bits per heavy atom. The zero-order chi connectivity index (χ0) is 12.5. The quantitative estimate of drug-likeness (QED) is 0.776. The molecule has 92 valence electrons. The molecule has 18 heavy (non-hydrogen) atoms. The molecule has 0 N–H and O–H groups in total. The van der Waals surface area contributed by atoms with Gasteiger partial charge in [0.05, 0.1) is 18.5 Å². The minimum absolute atomic E-state index is 0.143. The molecule has 1 atom stereocenters. The molecule has 3 rings (SSSR count). The van der Waals surface area contributed by atoms with Crippen LogP contribution in [0.1, 0.15) is 24.3 Å². The minimum Gasteiger partial charge on any atom is -0.469 e. The topological polar surface area (TPSA) is 39.2 Å². The van der Waals surface area contributed by atoms with Gasteiger partial charge in [-0.1, -0.05) is 24.3 Å². The van der Waals surface area contributed by atoms with Crippen molar-refractivity contribution in [3.05, 3.63) is 42.1 Å². The monoisotopic (exact) mass is 241 g/mol. The van der Waals surface area contributed by atoms with Crippen molar-refractivity contribution in [3.8, 4) is 0 Å². The molecule has 0 aliphatic heterocycles. The number of carbonyl (C=O) groups excluding carboxylic acids is 1. The number of aromatic nitrogens is 1. The predicted octanol–water partition coefficient (Wildman–Crippen LogP) is 2.90. The van der Waals surface area contributed by atoms with Crippen molar-refractivity contribution in [2.45, 2.75) is 18.8 Å². The number of esters is 1. The van der Waals surface area contributed by atoms with E-state index in [1.807, 2.05) is 30.3 Å². The fourth-order valence-electron chi connectivity index (χ4n) is 2.51. The van der Waals surface area contributed by atoms with E-state index in [9.17, 15) is 4.79 Å². The van der Waals surface area contributed by atoms with Crippen molar-refractivity contribution < 1.29 is 9.53 Å². The minimum atomic E-state index is -0.159. The van der Waals surface area contributed by atoms with Gasteiger partial charge in [-0.3, -0.25) is 9.78 Å². The number of pyridine rings is 1. The second-order valence-corrected chi connectivity index (χ2v) is 4.76. The molecule has 1 aliphatic carbocycles. The highest BCUT2D eigenvalue weighted by Crippen LogP contribution is 2.44. The molecule has 2 aromatic rings. The number of rotatable bonds is 3. The molecule has 1 fully saturated rings. The summed E-state index contributed by atoms with van der Waals surface area (Å²) < 4.78 is 4.95. The zero-order valence-corrected chi connectivity index (χ0v) is 10.3. The molecule has 1 heterocycles. The first-order valence-corrected chi connectivity index (χ1v) is 6.22. The van der Waals surface area contributed by atoms with Crippen LogP contribution in [0, 0.1) is 5.92 Å². The first-order chi connectivity index (χ1) is 8.81. The maximum Gasteiger partial charge on any atom is 0.313 e. The van der Waals surface area contributed by atoms with E-state index in [2.05, 4.69) is 4.98 Å². The lowest BCUT2D eigenvalue weighted by atomic mass is 9.92. The van der Waals surface area contributed by atoms with Crippen LogP contribution in [0.15, 0.2) is 36.5 Å². The maximum absolute atomic E-state index is 12.0. The number of nitrogens with zero attached hydrogens (tertiary/aromatic N) is 1. The normalized spacial score (nSPS) is 16.5. The van der Waals surface area contributed by atoms with E-state index in [1.165, 1.54) is 7.11 Å². The summed E-state index contributed by atoms with van der Waals surface area (Å²) in [5, 5.41) is 1.07. The van der Waals surface area contributed by atoms with Crippen molar-refractivity contribution >= 4 is 16.9 Å². The summed E-state index contributed by atoms with van der Waals surface area (Å²) in [4.78, 5) is 16.4. The molecule has 0 radical (unpaired) electrons. The van der Waals surface area contributed by atoms with Crippen molar-refractivity contribution in [1.82, 2.24) is 4.98 Å². The van der Waals surface area contributed by atoms with E-state index >= 15 is 0 Å². The summed E-state index contributed by atoms with van der Waals surface area (Å²) in [6, 6.07) is 9.93. The molecule has 0 bridgehead atoms. The molecule has 3 nitrogen and oxygen atoms in total. The van der Waals surface area contributed by atoms with Crippen LogP contribution in [0.2, 0.25) is 0 Å². The lowest BCUT2D eigenvalue weighted by Gasteiger charge is -2.15. The van der Waals surface area contributed by atoms with Gasteiger partial charge in [0.2, 0.25) is 0 Å². The molecule has 1 saturated carbocycles. The van der Waals surface area contributed by atoms with E-state index in [-0.39, 0.29) is 11.9 Å². The molecular weight excluding hydrogens is 226 g/mol. The van der Waals surface area contributed by atoms with Gasteiger partial charge in [0.15, 0.2) is 0 Å². The third-order valence-corrected chi connectivity index (χ3v) is 3.55. The van der Waals surface area contributed by atoms with Gasteiger partial charge in [-0.25, -0.2) is 0 Å². The molecule has 3 heteroatoms. The number of hydrogen-bond acceptors (Lipinski definition) is 3. The van der Waals surface area contributed by atoms with Crippen LogP contribution in [-0.2, 0) is 9.53 Å². The Morgan fingerprint density at radius 1 is 1.33 bits per heavy atom. The van der Waals surface area contributed by atoms with Crippen LogP contribution in [0.4, 0.5) is 0 Å². The highest BCUT2D eigenvalue weighted by atomic mass is 16.5. The van der Waals surface area contributed by atoms with E-state index < -0.39 is 0 Å². The number of para-hydroxylation sites is 1. The Labute approximate surface area is 106 Å². The highest BCUT2D eigenvalue weighted by Gasteiger charge is 2.39. The SMILES string of the molecule is COC(=O)C(c1cccc2cccnc12)C1CC1. The van der Waals surface area contributed by atoms with E-state index in [0.717, 1.165) is 29.3 Å². The third-order valence-electron chi connectivity index (χ3n) is 3.55. The van der Waals surface area contributed by atoms with Gasteiger partial charge in [-0.2, -0.15) is 0 Å². The van der Waals surface area contributed by atoms with Gasteiger partial charge in [0, 0.05) is 11.6 Å². The van der Waals surface area contributed by atoms with Crippen molar-refractivity contribution in [3.63, 3.8) is 0 Å². The van der Waals surface area contributed by atoms with Crippen LogP contribution in [0.3, 0.4) is 0 Å². The summed E-state index contributed by atoms with van der Waals surface area (Å²) in [7, 11) is 1.45. The average molecular weight is 241 g/mol. The molecule has 1 aliphatic rings. The molecule has 0 saturated heterocycles. The molecule has 1 aromatic heterocycles. The van der Waals surface area contributed by atoms with Crippen molar-refractivity contribution in [1.29, 1.82) is 0 Å². The highest BCUT2D eigenvalue weighted by molar-refractivity contribution is 5.89. The Morgan fingerprint density at radius 2 is 2.11 bits per heavy atom. The van der Waals surface area contributed by atoms with Crippen LogP contribution in [0.5, 0.6) is 0 Å². The van der Waals surface area contributed by atoms with Gasteiger partial charge in [-0.15, -0.1) is 0 Å². The summed E-state index contributed by atoms with van der Waals surface area (Å²) in [6.07, 6.45) is 3.97. The molecule has 0 amide bonds. The fraction of sp³-hybridized carbons (Fsp3) is 0.333. The molecular formula is C15H15NO2. The summed E-state index contributed by atoms with van der Waals surface area (Å²) >= 11 is 0.